The molecule has 0 N–H and O–H groups in total. The summed E-state index contributed by atoms with van der Waals surface area (Å²) in [6.45, 7) is 0. The Hall–Kier alpha value is -1.50. The minimum Gasteiger partial charge on any atom is -0.238 e. The van der Waals surface area contributed by atoms with Crippen LogP contribution in [0.15, 0.2) is 23.7 Å². The summed E-state index contributed by atoms with van der Waals surface area (Å²) in [5.41, 5.74) is -1.10. The summed E-state index contributed by atoms with van der Waals surface area (Å²) in [7, 11) is 0. The van der Waals surface area contributed by atoms with Gasteiger partial charge in [-0.1, -0.05) is 0 Å². The molecule has 0 radical (unpaired) electrons. The van der Waals surface area contributed by atoms with Crippen LogP contribution in [0.2, 0.25) is 0 Å². The van der Waals surface area contributed by atoms with E-state index in [1.54, 1.807) is 12.1 Å². The van der Waals surface area contributed by atoms with Crippen molar-refractivity contribution in [3.05, 3.63) is 29.4 Å². The van der Waals surface area contributed by atoms with Crippen LogP contribution < -0.4 is 0 Å². The van der Waals surface area contributed by atoms with E-state index in [-0.39, 0.29) is 18.5 Å². The van der Waals surface area contributed by atoms with Crippen molar-refractivity contribution in [1.29, 1.82) is 0 Å². The van der Waals surface area contributed by atoms with E-state index in [0.29, 0.717) is 10.7 Å². The van der Waals surface area contributed by atoms with Gasteiger partial charge in [0.05, 0.1) is 5.69 Å². The molecular formula is C11H8F3N3S. The third-order valence-electron chi connectivity index (χ3n) is 3.08. The molecule has 1 aliphatic carbocycles. The first-order valence-corrected chi connectivity index (χ1v) is 6.22. The summed E-state index contributed by atoms with van der Waals surface area (Å²) in [4.78, 5) is 4.08. The van der Waals surface area contributed by atoms with Gasteiger partial charge in [0, 0.05) is 11.6 Å². The minimum absolute atomic E-state index is 0.112. The molecule has 3 rings (SSSR count). The zero-order chi connectivity index (χ0) is 12.8. The lowest BCUT2D eigenvalue weighted by Crippen LogP contribution is -2.28. The maximum Gasteiger partial charge on any atom is 0.399 e. The van der Waals surface area contributed by atoms with Crippen LogP contribution in [-0.2, 0) is 5.41 Å². The highest BCUT2D eigenvalue weighted by molar-refractivity contribution is 7.13. The Bertz CT molecular complexity index is 560. The van der Waals surface area contributed by atoms with Crippen LogP contribution >= 0.6 is 11.3 Å². The Morgan fingerprint density at radius 3 is 2.61 bits per heavy atom. The quantitative estimate of drug-likeness (QED) is 0.842. The van der Waals surface area contributed by atoms with Gasteiger partial charge in [-0.15, -0.1) is 16.4 Å². The highest BCUT2D eigenvalue weighted by Crippen LogP contribution is 2.59. The molecule has 0 atom stereocenters. The fraction of sp³-hybridized carbons (Fsp3) is 0.364. The summed E-state index contributed by atoms with van der Waals surface area (Å²) in [6.07, 6.45) is -2.46. The van der Waals surface area contributed by atoms with Crippen LogP contribution in [0, 0.1) is 0 Å². The normalized spacial score (nSPS) is 17.7. The number of hydrogen-bond donors (Lipinski definition) is 0. The molecule has 0 saturated heterocycles. The van der Waals surface area contributed by atoms with Crippen molar-refractivity contribution in [1.82, 2.24) is 15.2 Å². The Morgan fingerprint density at radius 1 is 1.28 bits per heavy atom. The van der Waals surface area contributed by atoms with Gasteiger partial charge in [0.2, 0.25) is 0 Å². The molecule has 0 spiro atoms. The standard InChI is InChI=1S/C11H8F3N3S/c12-11(13,14)10(3-4-10)8-6-18-9(16-8)7-2-1-5-15-17-7/h1-2,5-6H,3-4H2. The van der Waals surface area contributed by atoms with E-state index in [1.807, 2.05) is 0 Å². The third-order valence-corrected chi connectivity index (χ3v) is 3.94. The van der Waals surface area contributed by atoms with Crippen molar-refractivity contribution in [2.24, 2.45) is 0 Å². The molecule has 0 unspecified atom stereocenters. The van der Waals surface area contributed by atoms with E-state index >= 15 is 0 Å². The second kappa shape index (κ2) is 3.74. The van der Waals surface area contributed by atoms with Crippen LogP contribution in [0.5, 0.6) is 0 Å². The van der Waals surface area contributed by atoms with Crippen molar-refractivity contribution in [3.8, 4) is 10.7 Å². The maximum absolute atomic E-state index is 12.9. The van der Waals surface area contributed by atoms with Gasteiger partial charge in [-0.3, -0.25) is 0 Å². The molecule has 0 amide bonds. The first kappa shape index (κ1) is 11.6. The Labute approximate surface area is 105 Å². The molecule has 1 fully saturated rings. The van der Waals surface area contributed by atoms with Gasteiger partial charge in [0.15, 0.2) is 0 Å². The summed E-state index contributed by atoms with van der Waals surface area (Å²) in [5.74, 6) is 0. The average molecular weight is 271 g/mol. The summed E-state index contributed by atoms with van der Waals surface area (Å²) < 4.78 is 38.8. The molecule has 1 aliphatic rings. The van der Waals surface area contributed by atoms with Crippen LogP contribution in [0.1, 0.15) is 18.5 Å². The molecule has 3 nitrogen and oxygen atoms in total. The smallest absolute Gasteiger partial charge is 0.238 e. The van der Waals surface area contributed by atoms with Gasteiger partial charge in [0.25, 0.3) is 0 Å². The summed E-state index contributed by atoms with van der Waals surface area (Å²) in [6, 6.07) is 3.36. The molecule has 2 aromatic rings. The molecule has 0 aromatic carbocycles. The van der Waals surface area contributed by atoms with Crippen LogP contribution in [0.25, 0.3) is 10.7 Å². The fourth-order valence-corrected chi connectivity index (χ4v) is 2.72. The predicted octanol–water partition coefficient (Wildman–Crippen LogP) is 3.19. The van der Waals surface area contributed by atoms with Gasteiger partial charge in [-0.25, -0.2) is 4.98 Å². The molecule has 18 heavy (non-hydrogen) atoms. The van der Waals surface area contributed by atoms with Crippen molar-refractivity contribution in [2.45, 2.75) is 24.4 Å². The van der Waals surface area contributed by atoms with Crippen molar-refractivity contribution in [2.75, 3.05) is 0 Å². The van der Waals surface area contributed by atoms with Gasteiger partial charge >= 0.3 is 6.18 Å². The van der Waals surface area contributed by atoms with Gasteiger partial charge in [-0.2, -0.15) is 18.3 Å². The summed E-state index contributed by atoms with van der Waals surface area (Å²) >= 11 is 1.17. The van der Waals surface area contributed by atoms with Crippen LogP contribution in [-0.4, -0.2) is 21.4 Å². The van der Waals surface area contributed by atoms with Crippen molar-refractivity contribution < 1.29 is 13.2 Å². The minimum atomic E-state index is -4.22. The fourth-order valence-electron chi connectivity index (χ4n) is 1.84. The number of halogens is 3. The lowest BCUT2D eigenvalue weighted by Gasteiger charge is -2.16. The lowest BCUT2D eigenvalue weighted by molar-refractivity contribution is -0.161. The molecule has 2 heterocycles. The number of alkyl halides is 3. The Kier molecular flexibility index (Phi) is 2.41. The third kappa shape index (κ3) is 1.69. The topological polar surface area (TPSA) is 38.7 Å². The molecule has 94 valence electrons. The molecule has 0 bridgehead atoms. The molecule has 0 aliphatic heterocycles. The molecule has 7 heteroatoms. The lowest BCUT2D eigenvalue weighted by atomic mass is 10.0. The second-order valence-electron chi connectivity index (χ2n) is 4.23. The number of hydrogen-bond acceptors (Lipinski definition) is 4. The van der Waals surface area contributed by atoms with Gasteiger partial charge in [0.1, 0.15) is 16.1 Å². The average Bonchev–Trinajstić information content (AvgIpc) is 3.03. The Morgan fingerprint density at radius 2 is 2.06 bits per heavy atom. The number of rotatable bonds is 2. The highest BCUT2D eigenvalue weighted by Gasteiger charge is 2.65. The zero-order valence-corrected chi connectivity index (χ0v) is 9.92. The first-order valence-electron chi connectivity index (χ1n) is 5.34. The van der Waals surface area contributed by atoms with E-state index < -0.39 is 11.6 Å². The highest BCUT2D eigenvalue weighted by atomic mass is 32.1. The van der Waals surface area contributed by atoms with E-state index in [9.17, 15) is 13.2 Å². The summed E-state index contributed by atoms with van der Waals surface area (Å²) in [5, 5.41) is 9.49. The van der Waals surface area contributed by atoms with Crippen molar-refractivity contribution in [3.63, 3.8) is 0 Å². The van der Waals surface area contributed by atoms with Crippen LogP contribution in [0.4, 0.5) is 13.2 Å². The van der Waals surface area contributed by atoms with E-state index in [2.05, 4.69) is 15.2 Å². The number of nitrogens with zero attached hydrogens (tertiary/aromatic N) is 3. The molecule has 1 saturated carbocycles. The van der Waals surface area contributed by atoms with E-state index in [0.717, 1.165) is 0 Å². The second-order valence-corrected chi connectivity index (χ2v) is 5.08. The van der Waals surface area contributed by atoms with Gasteiger partial charge < -0.3 is 0 Å². The van der Waals surface area contributed by atoms with Crippen LogP contribution in [0.3, 0.4) is 0 Å². The van der Waals surface area contributed by atoms with E-state index in [1.165, 1.54) is 22.9 Å². The van der Waals surface area contributed by atoms with E-state index in [4.69, 9.17) is 0 Å². The van der Waals surface area contributed by atoms with Gasteiger partial charge in [-0.05, 0) is 25.0 Å². The van der Waals surface area contributed by atoms with Crippen molar-refractivity contribution >= 4 is 11.3 Å². The largest absolute Gasteiger partial charge is 0.399 e. The number of aromatic nitrogens is 3. The monoisotopic (exact) mass is 271 g/mol. The Balaban J connectivity index is 1.96. The maximum atomic E-state index is 12.9. The first-order chi connectivity index (χ1) is 8.53. The molecular weight excluding hydrogens is 263 g/mol. The SMILES string of the molecule is FC(F)(F)C1(c2csc(-c3cccnn3)n2)CC1. The molecule has 2 aromatic heterocycles. The number of thiazole rings is 1. The predicted molar refractivity (Wildman–Crippen MR) is 60.1 cm³/mol. The zero-order valence-electron chi connectivity index (χ0n) is 9.11.